The Balaban J connectivity index is 0.00000180. The molecule has 2 rings (SSSR count). The maximum absolute atomic E-state index is 5.76. The second-order valence-corrected chi connectivity index (χ2v) is 15.9. The molecule has 2 N–H and O–H groups in total. The zero-order valence-electron chi connectivity index (χ0n) is 11.3. The summed E-state index contributed by atoms with van der Waals surface area (Å²) in [6, 6.07) is 6.36. The standard InChI is InChI=1S/C12H17GeN5.ClH/c1-13(2,3)11-5-9(7-14)4-10(6-11)12-17-15-8-16-18-12;/h4-6,8H,7,14H2,1-3H3;1H. The third-order valence-electron chi connectivity index (χ3n) is 2.76. The van der Waals surface area contributed by atoms with Crippen molar-refractivity contribution in [2.45, 2.75) is 23.8 Å². The molecular weight excluding hydrogens is 322 g/mol. The second-order valence-electron chi connectivity index (χ2n) is 5.24. The Hall–Kier alpha value is -1.05. The summed E-state index contributed by atoms with van der Waals surface area (Å²) in [6.07, 6.45) is 1.33. The van der Waals surface area contributed by atoms with Crippen molar-refractivity contribution in [1.82, 2.24) is 20.4 Å². The quantitative estimate of drug-likeness (QED) is 0.854. The van der Waals surface area contributed by atoms with Gasteiger partial charge in [-0.15, -0.1) is 12.4 Å². The molecule has 0 aliphatic heterocycles. The van der Waals surface area contributed by atoms with Crippen molar-refractivity contribution in [3.63, 3.8) is 0 Å². The molecule has 1 aromatic carbocycles. The second kappa shape index (κ2) is 6.41. The van der Waals surface area contributed by atoms with Crippen molar-refractivity contribution in [1.29, 1.82) is 0 Å². The van der Waals surface area contributed by atoms with Crippen LogP contribution in [-0.2, 0) is 6.54 Å². The van der Waals surface area contributed by atoms with Crippen molar-refractivity contribution >= 4 is 30.1 Å². The summed E-state index contributed by atoms with van der Waals surface area (Å²) in [5, 5.41) is 15.5. The topological polar surface area (TPSA) is 77.6 Å². The van der Waals surface area contributed by atoms with E-state index in [9.17, 15) is 0 Å². The first kappa shape index (κ1) is 16.0. The van der Waals surface area contributed by atoms with Crippen molar-refractivity contribution in [3.8, 4) is 11.4 Å². The minimum atomic E-state index is -1.90. The molecule has 19 heavy (non-hydrogen) atoms. The van der Waals surface area contributed by atoms with Crippen LogP contribution in [0.1, 0.15) is 5.56 Å². The van der Waals surface area contributed by atoms with Crippen LogP contribution in [0.25, 0.3) is 11.4 Å². The fraction of sp³-hybridized carbons (Fsp3) is 0.333. The summed E-state index contributed by atoms with van der Waals surface area (Å²) in [7, 11) is 0. The summed E-state index contributed by atoms with van der Waals surface area (Å²) in [5.41, 5.74) is 7.82. The number of rotatable bonds is 3. The summed E-state index contributed by atoms with van der Waals surface area (Å²) in [4.78, 5) is 0. The minimum absolute atomic E-state index is 0. The SMILES string of the molecule is Cl.[CH3][Ge]([CH3])([CH3])[c]1cc(CN)cc(-c2nncnn2)c1. The molecule has 102 valence electrons. The van der Waals surface area contributed by atoms with Crippen molar-refractivity contribution in [3.05, 3.63) is 30.1 Å². The molecule has 0 saturated heterocycles. The molecule has 0 fully saturated rings. The molecule has 2 aromatic rings. The molecular formula is C12H18ClGeN5. The van der Waals surface area contributed by atoms with Crippen molar-refractivity contribution < 1.29 is 0 Å². The van der Waals surface area contributed by atoms with Gasteiger partial charge in [0.1, 0.15) is 0 Å². The van der Waals surface area contributed by atoms with E-state index >= 15 is 0 Å². The normalized spacial score (nSPS) is 10.9. The number of nitrogens with two attached hydrogens (primary N) is 1. The van der Waals surface area contributed by atoms with Gasteiger partial charge in [0.05, 0.1) is 0 Å². The van der Waals surface area contributed by atoms with E-state index < -0.39 is 13.3 Å². The molecule has 0 aliphatic rings. The molecule has 0 aliphatic carbocycles. The van der Waals surface area contributed by atoms with Crippen LogP contribution in [0, 0.1) is 0 Å². The number of benzene rings is 1. The van der Waals surface area contributed by atoms with Gasteiger partial charge in [0.15, 0.2) is 0 Å². The van der Waals surface area contributed by atoms with Crippen molar-refractivity contribution in [2.75, 3.05) is 0 Å². The van der Waals surface area contributed by atoms with Crippen LogP contribution in [0.2, 0.25) is 17.3 Å². The molecule has 0 radical (unpaired) electrons. The summed E-state index contributed by atoms with van der Waals surface area (Å²) >= 11 is -1.90. The first-order valence-electron chi connectivity index (χ1n) is 5.86. The van der Waals surface area contributed by atoms with Crippen LogP contribution in [0.3, 0.4) is 0 Å². The van der Waals surface area contributed by atoms with Gasteiger partial charge < -0.3 is 0 Å². The summed E-state index contributed by atoms with van der Waals surface area (Å²) in [5.74, 6) is 7.60. The predicted molar refractivity (Wildman–Crippen MR) is 81.2 cm³/mol. The van der Waals surface area contributed by atoms with Crippen LogP contribution in [0.5, 0.6) is 0 Å². The third-order valence-corrected chi connectivity index (χ3v) is 7.00. The molecule has 0 bridgehead atoms. The Kier molecular flexibility index (Phi) is 5.40. The van der Waals surface area contributed by atoms with E-state index in [4.69, 9.17) is 5.73 Å². The Bertz CT molecular complexity index is 542. The van der Waals surface area contributed by atoms with E-state index in [1.165, 1.54) is 10.7 Å². The van der Waals surface area contributed by atoms with Crippen LogP contribution < -0.4 is 10.1 Å². The monoisotopic (exact) mass is 341 g/mol. The van der Waals surface area contributed by atoms with Gasteiger partial charge in [-0.25, -0.2) is 0 Å². The van der Waals surface area contributed by atoms with Crippen LogP contribution in [0.4, 0.5) is 0 Å². The van der Waals surface area contributed by atoms with Gasteiger partial charge in [0.25, 0.3) is 0 Å². The van der Waals surface area contributed by atoms with E-state index in [0.29, 0.717) is 12.4 Å². The number of hydrogen-bond acceptors (Lipinski definition) is 5. The van der Waals surface area contributed by atoms with Gasteiger partial charge in [0.2, 0.25) is 0 Å². The number of nitrogens with zero attached hydrogens (tertiary/aromatic N) is 4. The molecule has 5 nitrogen and oxygen atoms in total. The maximum atomic E-state index is 5.76. The summed E-state index contributed by atoms with van der Waals surface area (Å²) < 4.78 is 1.39. The molecule has 0 atom stereocenters. The molecule has 0 saturated carbocycles. The van der Waals surface area contributed by atoms with E-state index in [2.05, 4.69) is 49.8 Å². The van der Waals surface area contributed by atoms with Gasteiger partial charge in [-0.1, -0.05) is 0 Å². The Morgan fingerprint density at radius 3 is 2.21 bits per heavy atom. The molecule has 0 amide bonds. The number of hydrogen-bond donors (Lipinski definition) is 1. The first-order chi connectivity index (χ1) is 8.50. The van der Waals surface area contributed by atoms with E-state index in [-0.39, 0.29) is 12.4 Å². The predicted octanol–water partition coefficient (Wildman–Crippen LogP) is 1.36. The average Bonchev–Trinajstić information content (AvgIpc) is 2.38. The van der Waals surface area contributed by atoms with Gasteiger partial charge in [-0.2, -0.15) is 0 Å². The van der Waals surface area contributed by atoms with Crippen LogP contribution in [0.15, 0.2) is 24.5 Å². The zero-order chi connectivity index (χ0) is 13.2. The average molecular weight is 340 g/mol. The fourth-order valence-electron chi connectivity index (χ4n) is 1.69. The fourth-order valence-corrected chi connectivity index (χ4v) is 4.22. The van der Waals surface area contributed by atoms with E-state index in [0.717, 1.165) is 11.1 Å². The van der Waals surface area contributed by atoms with Gasteiger partial charge in [-0.05, 0) is 0 Å². The Labute approximate surface area is 121 Å². The summed E-state index contributed by atoms with van der Waals surface area (Å²) in [6.45, 7) is 0.521. The Morgan fingerprint density at radius 1 is 1.05 bits per heavy atom. The molecule has 1 heterocycles. The molecule has 0 spiro atoms. The van der Waals surface area contributed by atoms with Gasteiger partial charge >= 0.3 is 109 Å². The zero-order valence-corrected chi connectivity index (χ0v) is 14.2. The molecule has 1 aromatic heterocycles. The van der Waals surface area contributed by atoms with E-state index in [1.807, 2.05) is 6.07 Å². The van der Waals surface area contributed by atoms with Crippen LogP contribution >= 0.6 is 12.4 Å². The molecule has 0 unspecified atom stereocenters. The van der Waals surface area contributed by atoms with Crippen molar-refractivity contribution in [2.24, 2.45) is 5.73 Å². The van der Waals surface area contributed by atoms with E-state index in [1.54, 1.807) is 0 Å². The van der Waals surface area contributed by atoms with Crippen LogP contribution in [-0.4, -0.2) is 33.7 Å². The number of halogens is 1. The van der Waals surface area contributed by atoms with Gasteiger partial charge in [-0.3, -0.25) is 0 Å². The van der Waals surface area contributed by atoms with Gasteiger partial charge in [0, 0.05) is 0 Å². The number of aromatic nitrogens is 4. The first-order valence-corrected chi connectivity index (χ1v) is 13.2. The Morgan fingerprint density at radius 2 is 1.68 bits per heavy atom. The molecule has 7 heteroatoms. The third kappa shape index (κ3) is 3.96.